The molecule has 90 valence electrons. The Morgan fingerprint density at radius 2 is 2.17 bits per heavy atom. The maximum atomic E-state index is 10.5. The molecule has 1 aromatic carbocycles. The topological polar surface area (TPSA) is 58.9 Å². The van der Waals surface area contributed by atoms with E-state index in [-0.39, 0.29) is 0 Å². The van der Waals surface area contributed by atoms with Gasteiger partial charge in [-0.2, -0.15) is 0 Å². The van der Waals surface area contributed by atoms with Crippen LogP contribution in [0.4, 0.5) is 0 Å². The third-order valence-corrected chi connectivity index (χ3v) is 3.41. The summed E-state index contributed by atoms with van der Waals surface area (Å²) in [7, 11) is 0. The number of aromatic nitrogens is 2. The number of H-pyrrole nitrogens is 1. The molecule has 0 radical (unpaired) electrons. The van der Waals surface area contributed by atoms with E-state index in [9.17, 15) is 4.79 Å². The zero-order chi connectivity index (χ0) is 12.4. The zero-order valence-electron chi connectivity index (χ0n) is 9.42. The lowest BCUT2D eigenvalue weighted by atomic mass is 10.3. The lowest BCUT2D eigenvalue weighted by Gasteiger charge is -1.93. The van der Waals surface area contributed by atoms with Crippen molar-refractivity contribution in [3.8, 4) is 0 Å². The van der Waals surface area contributed by atoms with E-state index in [1.165, 1.54) is 0 Å². The molecule has 2 heterocycles. The fraction of sp³-hybridized carbons (Fsp3) is 0.0769. The lowest BCUT2D eigenvalue weighted by molar-refractivity contribution is 0.109. The molecule has 0 fully saturated rings. The monoisotopic (exact) mass is 258 g/mol. The molecule has 0 aliphatic carbocycles. The van der Waals surface area contributed by atoms with Crippen LogP contribution in [-0.4, -0.2) is 16.3 Å². The average molecular weight is 258 g/mol. The number of nitrogens with zero attached hydrogens (tertiary/aromatic N) is 1. The van der Waals surface area contributed by atoms with E-state index < -0.39 is 0 Å². The fourth-order valence-electron chi connectivity index (χ4n) is 1.67. The molecule has 0 aliphatic heterocycles. The summed E-state index contributed by atoms with van der Waals surface area (Å²) in [6, 6.07) is 11.4. The highest BCUT2D eigenvalue weighted by atomic mass is 32.2. The van der Waals surface area contributed by atoms with Crippen molar-refractivity contribution in [2.45, 2.75) is 10.9 Å². The van der Waals surface area contributed by atoms with Crippen LogP contribution in [0, 0.1) is 0 Å². The Bertz CT molecular complexity index is 654. The minimum absolute atomic E-state index is 0.357. The molecule has 18 heavy (non-hydrogen) atoms. The first-order valence-electron chi connectivity index (χ1n) is 5.46. The highest BCUT2D eigenvalue weighted by molar-refractivity contribution is 7.98. The van der Waals surface area contributed by atoms with E-state index in [0.717, 1.165) is 22.0 Å². The van der Waals surface area contributed by atoms with Gasteiger partial charge in [0.15, 0.2) is 17.2 Å². The summed E-state index contributed by atoms with van der Waals surface area (Å²) in [5.74, 6) is 1.77. The van der Waals surface area contributed by atoms with Crippen molar-refractivity contribution in [3.05, 3.63) is 47.9 Å². The number of thioether (sulfide) groups is 1. The van der Waals surface area contributed by atoms with Crippen LogP contribution < -0.4 is 0 Å². The number of hydrogen-bond donors (Lipinski definition) is 1. The standard InChI is InChI=1S/C13H10N2O2S/c16-7-9-5-6-10(17-9)8-18-13-14-11-3-1-2-4-12(11)15-13/h1-7H,8H2,(H,14,15). The predicted molar refractivity (Wildman–Crippen MR) is 69.8 cm³/mol. The molecule has 0 atom stereocenters. The number of rotatable bonds is 4. The maximum absolute atomic E-state index is 10.5. The van der Waals surface area contributed by atoms with E-state index in [1.54, 1.807) is 23.9 Å². The lowest BCUT2D eigenvalue weighted by Crippen LogP contribution is -1.78. The van der Waals surface area contributed by atoms with Gasteiger partial charge in [-0.25, -0.2) is 4.98 Å². The second kappa shape index (κ2) is 4.70. The van der Waals surface area contributed by atoms with E-state index in [2.05, 4.69) is 9.97 Å². The SMILES string of the molecule is O=Cc1ccc(CSc2nc3ccccc3[nH]2)o1. The van der Waals surface area contributed by atoms with Crippen LogP contribution in [0.2, 0.25) is 0 Å². The molecule has 0 amide bonds. The van der Waals surface area contributed by atoms with Crippen molar-refractivity contribution in [2.75, 3.05) is 0 Å². The minimum Gasteiger partial charge on any atom is -0.457 e. The minimum atomic E-state index is 0.357. The number of fused-ring (bicyclic) bond motifs is 1. The summed E-state index contributed by atoms with van der Waals surface area (Å²) >= 11 is 1.55. The first-order valence-corrected chi connectivity index (χ1v) is 6.45. The maximum Gasteiger partial charge on any atom is 0.185 e. The van der Waals surface area contributed by atoms with Gasteiger partial charge >= 0.3 is 0 Å². The van der Waals surface area contributed by atoms with Gasteiger partial charge in [0.05, 0.1) is 16.8 Å². The number of hydrogen-bond acceptors (Lipinski definition) is 4. The van der Waals surface area contributed by atoms with Gasteiger partial charge in [0.25, 0.3) is 0 Å². The Morgan fingerprint density at radius 1 is 1.28 bits per heavy atom. The molecule has 0 bridgehead atoms. The van der Waals surface area contributed by atoms with E-state index in [0.29, 0.717) is 17.8 Å². The van der Waals surface area contributed by atoms with Crippen LogP contribution in [0.5, 0.6) is 0 Å². The smallest absolute Gasteiger partial charge is 0.185 e. The number of benzene rings is 1. The Hall–Kier alpha value is -2.01. The summed E-state index contributed by atoms with van der Waals surface area (Å²) in [6.07, 6.45) is 0.704. The number of carbonyl (C=O) groups excluding carboxylic acids is 1. The summed E-state index contributed by atoms with van der Waals surface area (Å²) in [5.41, 5.74) is 1.97. The van der Waals surface area contributed by atoms with Crippen LogP contribution in [0.3, 0.4) is 0 Å². The van der Waals surface area contributed by atoms with E-state index in [4.69, 9.17) is 4.42 Å². The molecular formula is C13H10N2O2S. The van der Waals surface area contributed by atoms with Crippen molar-refractivity contribution in [3.63, 3.8) is 0 Å². The molecule has 3 rings (SSSR count). The number of aldehydes is 1. The Morgan fingerprint density at radius 3 is 2.94 bits per heavy atom. The van der Waals surface area contributed by atoms with Gasteiger partial charge in [-0.15, -0.1) is 0 Å². The van der Waals surface area contributed by atoms with Gasteiger partial charge in [0, 0.05) is 0 Å². The van der Waals surface area contributed by atoms with Gasteiger partial charge in [0.1, 0.15) is 5.76 Å². The largest absolute Gasteiger partial charge is 0.457 e. The number of para-hydroxylation sites is 2. The molecule has 0 unspecified atom stereocenters. The Kier molecular flexibility index (Phi) is 2.90. The summed E-state index contributed by atoms with van der Waals surface area (Å²) in [4.78, 5) is 18.2. The number of carbonyl (C=O) groups is 1. The first-order chi connectivity index (χ1) is 8.85. The molecule has 1 N–H and O–H groups in total. The molecule has 0 aliphatic rings. The quantitative estimate of drug-likeness (QED) is 0.576. The highest BCUT2D eigenvalue weighted by Gasteiger charge is 2.05. The third-order valence-electron chi connectivity index (χ3n) is 2.52. The highest BCUT2D eigenvalue weighted by Crippen LogP contribution is 2.23. The first kappa shape index (κ1) is 11.1. The Labute approximate surface area is 107 Å². The second-order valence-electron chi connectivity index (χ2n) is 3.77. The predicted octanol–water partition coefficient (Wildman–Crippen LogP) is 3.26. The van der Waals surface area contributed by atoms with Crippen molar-refractivity contribution in [1.29, 1.82) is 0 Å². The van der Waals surface area contributed by atoms with Crippen LogP contribution in [0.1, 0.15) is 16.3 Å². The summed E-state index contributed by atoms with van der Waals surface area (Å²) < 4.78 is 5.30. The van der Waals surface area contributed by atoms with Gasteiger partial charge in [-0.05, 0) is 24.3 Å². The van der Waals surface area contributed by atoms with Gasteiger partial charge in [-0.3, -0.25) is 4.79 Å². The third kappa shape index (κ3) is 2.17. The van der Waals surface area contributed by atoms with Crippen molar-refractivity contribution >= 4 is 29.1 Å². The number of nitrogens with one attached hydrogen (secondary N) is 1. The van der Waals surface area contributed by atoms with Crippen LogP contribution >= 0.6 is 11.8 Å². The van der Waals surface area contributed by atoms with Crippen molar-refractivity contribution < 1.29 is 9.21 Å². The molecule has 3 aromatic rings. The fourth-order valence-corrected chi connectivity index (χ4v) is 2.45. The number of aromatic amines is 1. The van der Waals surface area contributed by atoms with Crippen LogP contribution in [0.15, 0.2) is 46.0 Å². The molecular weight excluding hydrogens is 248 g/mol. The molecule has 0 saturated carbocycles. The van der Waals surface area contributed by atoms with Gasteiger partial charge in [0.2, 0.25) is 0 Å². The molecule has 0 saturated heterocycles. The van der Waals surface area contributed by atoms with Crippen LogP contribution in [-0.2, 0) is 5.75 Å². The van der Waals surface area contributed by atoms with Gasteiger partial charge in [-0.1, -0.05) is 23.9 Å². The number of furan rings is 1. The van der Waals surface area contributed by atoms with Crippen molar-refractivity contribution in [2.24, 2.45) is 0 Å². The van der Waals surface area contributed by atoms with Crippen molar-refractivity contribution in [1.82, 2.24) is 9.97 Å². The average Bonchev–Trinajstić information content (AvgIpc) is 3.02. The normalized spacial score (nSPS) is 10.9. The molecule has 5 heteroatoms. The number of imidazole rings is 1. The zero-order valence-corrected chi connectivity index (χ0v) is 10.2. The molecule has 0 spiro atoms. The Balaban J connectivity index is 1.74. The van der Waals surface area contributed by atoms with E-state index in [1.807, 2.05) is 24.3 Å². The van der Waals surface area contributed by atoms with Crippen LogP contribution in [0.25, 0.3) is 11.0 Å². The van der Waals surface area contributed by atoms with E-state index >= 15 is 0 Å². The molecule has 4 nitrogen and oxygen atoms in total. The van der Waals surface area contributed by atoms with Gasteiger partial charge < -0.3 is 9.40 Å². The molecule has 2 aromatic heterocycles. The summed E-state index contributed by atoms with van der Waals surface area (Å²) in [5, 5.41) is 0.847. The summed E-state index contributed by atoms with van der Waals surface area (Å²) in [6.45, 7) is 0. The second-order valence-corrected chi connectivity index (χ2v) is 4.73.